The van der Waals surface area contributed by atoms with Gasteiger partial charge in [-0.1, -0.05) is 30.3 Å². The van der Waals surface area contributed by atoms with Gasteiger partial charge < -0.3 is 26.0 Å². The number of hydrogen-bond donors (Lipinski definition) is 3. The molecule has 9 heteroatoms. The van der Waals surface area contributed by atoms with Crippen molar-refractivity contribution in [1.82, 2.24) is 15.5 Å². The lowest BCUT2D eigenvalue weighted by Gasteiger charge is -2.36. The molecule has 0 saturated carbocycles. The highest BCUT2D eigenvalue weighted by molar-refractivity contribution is 5.93. The summed E-state index contributed by atoms with van der Waals surface area (Å²) in [5.41, 5.74) is 5.41. The van der Waals surface area contributed by atoms with Crippen LogP contribution >= 0.6 is 0 Å². The van der Waals surface area contributed by atoms with Gasteiger partial charge in [-0.05, 0) is 66.0 Å². The Bertz CT molecular complexity index is 930. The second-order valence-electron chi connectivity index (χ2n) is 10.5. The first-order valence-corrected chi connectivity index (χ1v) is 11.6. The van der Waals surface area contributed by atoms with Crippen LogP contribution in [-0.2, 0) is 19.1 Å². The largest absolute Gasteiger partial charge is 0.444 e. The third-order valence-electron chi connectivity index (χ3n) is 4.82. The minimum atomic E-state index is -1.15. The average molecular weight is 489 g/mol. The molecule has 1 aromatic rings. The number of aryl methyl sites for hydroxylation is 1. The number of nitrogens with two attached hydrogens (primary N) is 1. The molecule has 0 heterocycles. The average Bonchev–Trinajstić information content (AvgIpc) is 2.68. The molecule has 0 radical (unpaired) electrons. The molecular formula is C26H40N4O5. The fourth-order valence-electron chi connectivity index (χ4n) is 3.44. The van der Waals surface area contributed by atoms with E-state index in [0.717, 1.165) is 5.56 Å². The molecule has 0 aliphatic carbocycles. The van der Waals surface area contributed by atoms with E-state index in [-0.39, 0.29) is 25.3 Å². The van der Waals surface area contributed by atoms with Crippen molar-refractivity contribution in [3.05, 3.63) is 48.0 Å². The number of carbonyl (C=O) groups is 4. The summed E-state index contributed by atoms with van der Waals surface area (Å²) in [6.07, 6.45) is 0.497. The van der Waals surface area contributed by atoms with Crippen molar-refractivity contribution >= 4 is 23.8 Å². The zero-order valence-electron chi connectivity index (χ0n) is 21.9. The van der Waals surface area contributed by atoms with E-state index in [2.05, 4.69) is 17.2 Å². The third kappa shape index (κ3) is 10.2. The standard InChI is InChI=1S/C26H40N4O5/c1-9-16-30(21(22(32)29-25(3,4)5)18-13-11-10-12-17(18)2)23(33)19(14-15-20(27)31)28-24(34)35-26(6,7)8/h9-13,19,21H,1,14-16H2,2-8H3,(H2,27,31)(H,28,34)(H,29,32). The fourth-order valence-corrected chi connectivity index (χ4v) is 3.44. The molecule has 0 aromatic heterocycles. The molecule has 2 unspecified atom stereocenters. The first-order valence-electron chi connectivity index (χ1n) is 11.6. The molecule has 35 heavy (non-hydrogen) atoms. The molecule has 0 fully saturated rings. The van der Waals surface area contributed by atoms with Crippen molar-refractivity contribution in [1.29, 1.82) is 0 Å². The van der Waals surface area contributed by atoms with Gasteiger partial charge in [0.1, 0.15) is 17.7 Å². The van der Waals surface area contributed by atoms with Crippen LogP contribution in [0.3, 0.4) is 0 Å². The summed E-state index contributed by atoms with van der Waals surface area (Å²) in [6.45, 7) is 16.3. The van der Waals surface area contributed by atoms with Crippen molar-refractivity contribution in [2.75, 3.05) is 6.54 Å². The maximum Gasteiger partial charge on any atom is 0.408 e. The summed E-state index contributed by atoms with van der Waals surface area (Å²) in [4.78, 5) is 52.6. The number of hydrogen-bond acceptors (Lipinski definition) is 5. The van der Waals surface area contributed by atoms with Gasteiger partial charge in [0.05, 0.1) is 0 Å². The van der Waals surface area contributed by atoms with Gasteiger partial charge in [0.2, 0.25) is 17.7 Å². The highest BCUT2D eigenvalue weighted by Crippen LogP contribution is 2.27. The Balaban J connectivity index is 3.49. The van der Waals surface area contributed by atoms with E-state index in [0.29, 0.717) is 5.56 Å². The minimum Gasteiger partial charge on any atom is -0.444 e. The summed E-state index contributed by atoms with van der Waals surface area (Å²) >= 11 is 0. The van der Waals surface area contributed by atoms with Gasteiger partial charge in [-0.15, -0.1) is 6.58 Å². The van der Waals surface area contributed by atoms with Crippen LogP contribution in [0.25, 0.3) is 0 Å². The van der Waals surface area contributed by atoms with Gasteiger partial charge in [0.25, 0.3) is 0 Å². The number of primary amides is 1. The lowest BCUT2D eigenvalue weighted by atomic mass is 9.96. The van der Waals surface area contributed by atoms with Crippen molar-refractivity contribution < 1.29 is 23.9 Å². The van der Waals surface area contributed by atoms with E-state index in [1.807, 2.05) is 39.8 Å². The molecule has 0 aliphatic heterocycles. The molecule has 2 atom stereocenters. The molecule has 1 rings (SSSR count). The molecule has 194 valence electrons. The predicted molar refractivity (Wildman–Crippen MR) is 135 cm³/mol. The summed E-state index contributed by atoms with van der Waals surface area (Å²) in [6, 6.07) is 5.12. The Kier molecular flexibility index (Phi) is 10.5. The van der Waals surface area contributed by atoms with Crippen LogP contribution in [0.4, 0.5) is 4.79 Å². The maximum absolute atomic E-state index is 13.8. The van der Waals surface area contributed by atoms with E-state index in [4.69, 9.17) is 10.5 Å². The Morgan fingerprint density at radius 1 is 1.11 bits per heavy atom. The topological polar surface area (TPSA) is 131 Å². The van der Waals surface area contributed by atoms with E-state index in [1.54, 1.807) is 32.9 Å². The number of ether oxygens (including phenoxy) is 1. The summed E-state index contributed by atoms with van der Waals surface area (Å²) < 4.78 is 5.31. The van der Waals surface area contributed by atoms with Gasteiger partial charge in [-0.25, -0.2) is 4.79 Å². The normalized spacial score (nSPS) is 13.2. The number of nitrogens with one attached hydrogen (secondary N) is 2. The second kappa shape index (κ2) is 12.4. The molecule has 0 aliphatic rings. The number of carbonyl (C=O) groups excluding carboxylic acids is 4. The van der Waals surface area contributed by atoms with Gasteiger partial charge in [0.15, 0.2) is 0 Å². The highest BCUT2D eigenvalue weighted by Gasteiger charge is 2.37. The van der Waals surface area contributed by atoms with Gasteiger partial charge >= 0.3 is 6.09 Å². The third-order valence-corrected chi connectivity index (χ3v) is 4.82. The van der Waals surface area contributed by atoms with Crippen LogP contribution in [0.1, 0.15) is 71.6 Å². The van der Waals surface area contributed by atoms with Crippen LogP contribution in [0.5, 0.6) is 0 Å². The van der Waals surface area contributed by atoms with Gasteiger partial charge in [-0.2, -0.15) is 0 Å². The Hall–Kier alpha value is -3.36. The number of benzene rings is 1. The lowest BCUT2D eigenvalue weighted by Crippen LogP contribution is -2.55. The predicted octanol–water partition coefficient (Wildman–Crippen LogP) is 3.12. The Morgan fingerprint density at radius 3 is 2.20 bits per heavy atom. The zero-order valence-corrected chi connectivity index (χ0v) is 21.9. The summed E-state index contributed by atoms with van der Waals surface area (Å²) in [5, 5.41) is 5.50. The van der Waals surface area contributed by atoms with E-state index >= 15 is 0 Å². The Labute approximate surface area is 208 Å². The van der Waals surface area contributed by atoms with Crippen molar-refractivity contribution in [2.45, 2.75) is 84.5 Å². The van der Waals surface area contributed by atoms with Crippen molar-refractivity contribution in [2.24, 2.45) is 5.73 Å². The number of nitrogens with zero attached hydrogens (tertiary/aromatic N) is 1. The smallest absolute Gasteiger partial charge is 0.408 e. The second-order valence-corrected chi connectivity index (χ2v) is 10.5. The van der Waals surface area contributed by atoms with Gasteiger partial charge in [-0.3, -0.25) is 14.4 Å². The van der Waals surface area contributed by atoms with E-state index in [1.165, 1.54) is 11.0 Å². The van der Waals surface area contributed by atoms with Crippen LogP contribution < -0.4 is 16.4 Å². The van der Waals surface area contributed by atoms with Crippen molar-refractivity contribution in [3.63, 3.8) is 0 Å². The molecule has 0 bridgehead atoms. The van der Waals surface area contributed by atoms with E-state index < -0.39 is 41.1 Å². The first kappa shape index (κ1) is 29.7. The zero-order chi connectivity index (χ0) is 27.0. The number of alkyl carbamates (subject to hydrolysis) is 1. The molecule has 0 saturated heterocycles. The van der Waals surface area contributed by atoms with Gasteiger partial charge in [0, 0.05) is 18.5 Å². The number of amides is 4. The monoisotopic (exact) mass is 488 g/mol. The molecule has 9 nitrogen and oxygen atoms in total. The molecule has 4 amide bonds. The minimum absolute atomic E-state index is 0.0263. The summed E-state index contributed by atoms with van der Waals surface area (Å²) in [5.74, 6) is -1.56. The molecule has 4 N–H and O–H groups in total. The molecule has 0 spiro atoms. The molecule has 1 aromatic carbocycles. The first-order chi connectivity index (χ1) is 16.1. The van der Waals surface area contributed by atoms with Crippen LogP contribution in [-0.4, -0.2) is 52.4 Å². The van der Waals surface area contributed by atoms with E-state index in [9.17, 15) is 19.2 Å². The van der Waals surface area contributed by atoms with Crippen molar-refractivity contribution in [3.8, 4) is 0 Å². The molecular weight excluding hydrogens is 448 g/mol. The lowest BCUT2D eigenvalue weighted by molar-refractivity contribution is -0.142. The summed E-state index contributed by atoms with van der Waals surface area (Å²) in [7, 11) is 0. The van der Waals surface area contributed by atoms with Crippen LogP contribution in [0.15, 0.2) is 36.9 Å². The Morgan fingerprint density at radius 2 is 1.71 bits per heavy atom. The highest BCUT2D eigenvalue weighted by atomic mass is 16.6. The number of rotatable bonds is 10. The quantitative estimate of drug-likeness (QED) is 0.436. The SMILES string of the molecule is C=CCN(C(=O)C(CCC(N)=O)NC(=O)OC(C)(C)C)C(C(=O)NC(C)(C)C)c1ccccc1C. The fraction of sp³-hybridized carbons (Fsp3) is 0.538. The van der Waals surface area contributed by atoms with Crippen LogP contribution in [0.2, 0.25) is 0 Å². The maximum atomic E-state index is 13.8. The van der Waals surface area contributed by atoms with Crippen LogP contribution in [0, 0.1) is 6.92 Å².